The van der Waals surface area contributed by atoms with E-state index in [4.69, 9.17) is 5.73 Å². The van der Waals surface area contributed by atoms with E-state index in [1.807, 2.05) is 6.20 Å². The smallest absolute Gasteiger partial charge is 0.147 e. The molecule has 1 saturated heterocycles. The second-order valence-electron chi connectivity index (χ2n) is 5.25. The van der Waals surface area contributed by atoms with Crippen LogP contribution >= 0.6 is 0 Å². The van der Waals surface area contributed by atoms with E-state index in [9.17, 15) is 0 Å². The standard InChI is InChI=1S/C13H20N4/c14-12-8-16-13(9-15-12)17-7-3-5-10-4-1-2-6-11(10)17/h8-11H,1-7H2,(H2,14,15)/t10-,11-/m1/s1. The quantitative estimate of drug-likeness (QED) is 0.806. The molecular formula is C13H20N4. The van der Waals surface area contributed by atoms with Crippen molar-refractivity contribution in [2.75, 3.05) is 17.2 Å². The molecule has 0 radical (unpaired) electrons. The van der Waals surface area contributed by atoms with Crippen LogP contribution in [0.1, 0.15) is 38.5 Å². The van der Waals surface area contributed by atoms with Crippen molar-refractivity contribution in [3.05, 3.63) is 12.4 Å². The zero-order valence-corrected chi connectivity index (χ0v) is 10.2. The lowest BCUT2D eigenvalue weighted by atomic mass is 9.78. The van der Waals surface area contributed by atoms with Gasteiger partial charge in [-0.25, -0.2) is 9.97 Å². The molecule has 0 unspecified atom stereocenters. The summed E-state index contributed by atoms with van der Waals surface area (Å²) in [5.41, 5.74) is 5.60. The molecule has 4 heteroatoms. The molecule has 0 amide bonds. The van der Waals surface area contributed by atoms with Crippen LogP contribution < -0.4 is 10.6 Å². The summed E-state index contributed by atoms with van der Waals surface area (Å²) in [6.07, 6.45) is 11.6. The fraction of sp³-hybridized carbons (Fsp3) is 0.692. The summed E-state index contributed by atoms with van der Waals surface area (Å²) < 4.78 is 0. The third-order valence-corrected chi connectivity index (χ3v) is 4.20. The predicted octanol–water partition coefficient (Wildman–Crippen LogP) is 2.22. The molecule has 0 aromatic carbocycles. The number of aromatic nitrogens is 2. The maximum Gasteiger partial charge on any atom is 0.147 e. The number of nitrogens with zero attached hydrogens (tertiary/aromatic N) is 3. The summed E-state index contributed by atoms with van der Waals surface area (Å²) in [6, 6.07) is 0.690. The van der Waals surface area contributed by atoms with Gasteiger partial charge < -0.3 is 10.6 Å². The highest BCUT2D eigenvalue weighted by atomic mass is 15.2. The molecule has 2 aliphatic rings. The van der Waals surface area contributed by atoms with Crippen LogP contribution in [0.25, 0.3) is 0 Å². The highest BCUT2D eigenvalue weighted by molar-refractivity contribution is 5.41. The molecule has 2 heterocycles. The van der Waals surface area contributed by atoms with Crippen molar-refractivity contribution in [3.63, 3.8) is 0 Å². The summed E-state index contributed by atoms with van der Waals surface area (Å²) in [5.74, 6) is 2.39. The van der Waals surface area contributed by atoms with Crippen molar-refractivity contribution in [2.24, 2.45) is 5.92 Å². The maximum absolute atomic E-state index is 5.60. The van der Waals surface area contributed by atoms with Gasteiger partial charge in [-0.15, -0.1) is 0 Å². The van der Waals surface area contributed by atoms with Gasteiger partial charge in [-0.3, -0.25) is 0 Å². The van der Waals surface area contributed by atoms with Crippen LogP contribution in [0, 0.1) is 5.92 Å². The van der Waals surface area contributed by atoms with Gasteiger partial charge in [0.1, 0.15) is 11.6 Å². The monoisotopic (exact) mass is 232 g/mol. The van der Waals surface area contributed by atoms with Crippen molar-refractivity contribution in [2.45, 2.75) is 44.6 Å². The molecule has 2 N–H and O–H groups in total. The Morgan fingerprint density at radius 2 is 1.88 bits per heavy atom. The Balaban J connectivity index is 1.83. The molecule has 2 atom stereocenters. The van der Waals surface area contributed by atoms with E-state index < -0.39 is 0 Å². The van der Waals surface area contributed by atoms with Crippen molar-refractivity contribution in [1.29, 1.82) is 0 Å². The average molecular weight is 232 g/mol. The number of piperidine rings is 1. The number of nitrogen functional groups attached to an aromatic ring is 1. The second-order valence-corrected chi connectivity index (χ2v) is 5.25. The van der Waals surface area contributed by atoms with Crippen molar-refractivity contribution in [1.82, 2.24) is 9.97 Å². The van der Waals surface area contributed by atoms with Crippen molar-refractivity contribution in [3.8, 4) is 0 Å². The lowest BCUT2D eigenvalue weighted by molar-refractivity contribution is 0.242. The molecule has 2 fully saturated rings. The summed E-state index contributed by atoms with van der Waals surface area (Å²) >= 11 is 0. The van der Waals surface area contributed by atoms with E-state index in [2.05, 4.69) is 14.9 Å². The molecule has 1 aromatic rings. The third kappa shape index (κ3) is 2.08. The first-order chi connectivity index (χ1) is 8.34. The lowest BCUT2D eigenvalue weighted by Gasteiger charge is -2.44. The van der Waals surface area contributed by atoms with Crippen LogP contribution in [-0.4, -0.2) is 22.6 Å². The van der Waals surface area contributed by atoms with Crippen LogP contribution in [-0.2, 0) is 0 Å². The van der Waals surface area contributed by atoms with Crippen LogP contribution in [0.5, 0.6) is 0 Å². The average Bonchev–Trinajstić information content (AvgIpc) is 2.39. The molecule has 0 bridgehead atoms. The Hall–Kier alpha value is -1.32. The van der Waals surface area contributed by atoms with E-state index >= 15 is 0 Å². The minimum Gasteiger partial charge on any atom is -0.382 e. The number of rotatable bonds is 1. The van der Waals surface area contributed by atoms with Gasteiger partial charge in [0.15, 0.2) is 0 Å². The number of anilines is 2. The zero-order valence-electron chi connectivity index (χ0n) is 10.2. The Bertz CT molecular complexity index is 374. The molecular weight excluding hydrogens is 212 g/mol. The number of hydrogen-bond acceptors (Lipinski definition) is 4. The number of nitrogens with two attached hydrogens (primary N) is 1. The molecule has 92 valence electrons. The molecule has 0 spiro atoms. The molecule has 1 aliphatic carbocycles. The van der Waals surface area contributed by atoms with Gasteiger partial charge in [0.05, 0.1) is 12.4 Å². The van der Waals surface area contributed by atoms with E-state index in [0.29, 0.717) is 11.9 Å². The van der Waals surface area contributed by atoms with Gasteiger partial charge >= 0.3 is 0 Å². The normalized spacial score (nSPS) is 28.8. The Morgan fingerprint density at radius 1 is 1.06 bits per heavy atom. The summed E-state index contributed by atoms with van der Waals surface area (Å²) in [7, 11) is 0. The number of hydrogen-bond donors (Lipinski definition) is 1. The second kappa shape index (κ2) is 4.51. The van der Waals surface area contributed by atoms with Crippen LogP contribution in [0.4, 0.5) is 11.6 Å². The van der Waals surface area contributed by atoms with Gasteiger partial charge in [0.25, 0.3) is 0 Å². The fourth-order valence-corrected chi connectivity index (χ4v) is 3.39. The molecule has 17 heavy (non-hydrogen) atoms. The zero-order chi connectivity index (χ0) is 11.7. The van der Waals surface area contributed by atoms with Gasteiger partial charge in [0.2, 0.25) is 0 Å². The molecule has 3 rings (SSSR count). The topological polar surface area (TPSA) is 55.0 Å². The van der Waals surface area contributed by atoms with E-state index in [-0.39, 0.29) is 0 Å². The van der Waals surface area contributed by atoms with E-state index in [1.54, 1.807) is 6.20 Å². The maximum atomic E-state index is 5.60. The first kappa shape index (κ1) is 10.8. The predicted molar refractivity (Wildman–Crippen MR) is 68.8 cm³/mol. The minimum absolute atomic E-state index is 0.506. The Kier molecular flexibility index (Phi) is 2.87. The van der Waals surface area contributed by atoms with E-state index in [1.165, 1.54) is 38.5 Å². The molecule has 1 aliphatic heterocycles. The Morgan fingerprint density at radius 3 is 2.71 bits per heavy atom. The van der Waals surface area contributed by atoms with Crippen molar-refractivity contribution < 1.29 is 0 Å². The highest BCUT2D eigenvalue weighted by Crippen LogP contribution is 2.36. The van der Waals surface area contributed by atoms with Crippen LogP contribution in [0.3, 0.4) is 0 Å². The molecule has 4 nitrogen and oxygen atoms in total. The lowest BCUT2D eigenvalue weighted by Crippen LogP contribution is -2.47. The van der Waals surface area contributed by atoms with Gasteiger partial charge in [-0.2, -0.15) is 0 Å². The molecule has 1 aromatic heterocycles. The van der Waals surface area contributed by atoms with Crippen LogP contribution in [0.15, 0.2) is 12.4 Å². The molecule has 1 saturated carbocycles. The Labute approximate surface area is 102 Å². The largest absolute Gasteiger partial charge is 0.382 e. The van der Waals surface area contributed by atoms with Gasteiger partial charge in [0, 0.05) is 12.6 Å². The van der Waals surface area contributed by atoms with Gasteiger partial charge in [-0.05, 0) is 31.6 Å². The summed E-state index contributed by atoms with van der Waals surface area (Å²) in [5, 5.41) is 0. The first-order valence-electron chi connectivity index (χ1n) is 6.69. The number of fused-ring (bicyclic) bond motifs is 1. The van der Waals surface area contributed by atoms with Gasteiger partial charge in [-0.1, -0.05) is 12.8 Å². The summed E-state index contributed by atoms with van der Waals surface area (Å²) in [6.45, 7) is 1.12. The summed E-state index contributed by atoms with van der Waals surface area (Å²) in [4.78, 5) is 11.1. The third-order valence-electron chi connectivity index (χ3n) is 4.20. The highest BCUT2D eigenvalue weighted by Gasteiger charge is 2.33. The fourth-order valence-electron chi connectivity index (χ4n) is 3.39. The van der Waals surface area contributed by atoms with E-state index in [0.717, 1.165) is 18.3 Å². The first-order valence-corrected chi connectivity index (χ1v) is 6.69. The SMILES string of the molecule is Nc1cnc(N2CCC[C@H]3CCCC[C@H]32)cn1. The van der Waals surface area contributed by atoms with Crippen LogP contribution in [0.2, 0.25) is 0 Å². The van der Waals surface area contributed by atoms with Crippen molar-refractivity contribution >= 4 is 11.6 Å². The minimum atomic E-state index is 0.506.